The van der Waals surface area contributed by atoms with Crippen molar-refractivity contribution in [2.75, 3.05) is 12.5 Å². The first-order valence-corrected chi connectivity index (χ1v) is 6.28. The Balaban J connectivity index is 2.25. The minimum Gasteiger partial charge on any atom is -0.365 e. The van der Waals surface area contributed by atoms with Crippen molar-refractivity contribution in [2.45, 2.75) is 6.10 Å². The standard InChI is InChI=1S/C10H12ClN3OS/c1-14-8(2-4-13-14)10(15-5-3-11)9-6-12-7-16-9/h2,4,6-7,10H,3,5H2,1H3. The monoisotopic (exact) mass is 257 g/mol. The third-order valence-corrected chi connectivity index (χ3v) is 3.17. The van der Waals surface area contributed by atoms with Crippen LogP contribution in [-0.2, 0) is 11.8 Å². The van der Waals surface area contributed by atoms with Gasteiger partial charge in [0.2, 0.25) is 0 Å². The van der Waals surface area contributed by atoms with Crippen LogP contribution in [0.2, 0.25) is 0 Å². The molecule has 16 heavy (non-hydrogen) atoms. The van der Waals surface area contributed by atoms with Gasteiger partial charge in [-0.15, -0.1) is 22.9 Å². The zero-order chi connectivity index (χ0) is 11.4. The Morgan fingerprint density at radius 3 is 3.06 bits per heavy atom. The smallest absolute Gasteiger partial charge is 0.135 e. The normalized spacial score (nSPS) is 12.9. The first-order chi connectivity index (χ1) is 7.83. The van der Waals surface area contributed by atoms with Crippen LogP contribution in [0.3, 0.4) is 0 Å². The van der Waals surface area contributed by atoms with Gasteiger partial charge in [0, 0.05) is 25.3 Å². The molecule has 2 heterocycles. The van der Waals surface area contributed by atoms with E-state index in [0.29, 0.717) is 12.5 Å². The lowest BCUT2D eigenvalue weighted by molar-refractivity contribution is 0.0894. The van der Waals surface area contributed by atoms with E-state index in [1.54, 1.807) is 27.7 Å². The van der Waals surface area contributed by atoms with Gasteiger partial charge in [-0.2, -0.15) is 5.10 Å². The Labute approximate surface area is 103 Å². The van der Waals surface area contributed by atoms with Crippen molar-refractivity contribution in [2.24, 2.45) is 7.05 Å². The van der Waals surface area contributed by atoms with Crippen LogP contribution in [0.15, 0.2) is 24.0 Å². The highest BCUT2D eigenvalue weighted by Crippen LogP contribution is 2.27. The molecule has 0 radical (unpaired) electrons. The number of hydrogen-bond acceptors (Lipinski definition) is 4. The van der Waals surface area contributed by atoms with Crippen LogP contribution in [-0.4, -0.2) is 27.3 Å². The summed E-state index contributed by atoms with van der Waals surface area (Å²) in [5.74, 6) is 0.479. The van der Waals surface area contributed by atoms with Gasteiger partial charge in [-0.3, -0.25) is 9.67 Å². The lowest BCUT2D eigenvalue weighted by Gasteiger charge is -2.15. The number of halogens is 1. The molecule has 0 saturated carbocycles. The van der Waals surface area contributed by atoms with Crippen molar-refractivity contribution < 1.29 is 4.74 Å². The van der Waals surface area contributed by atoms with Gasteiger partial charge >= 0.3 is 0 Å². The van der Waals surface area contributed by atoms with Crippen molar-refractivity contribution in [3.05, 3.63) is 34.5 Å². The topological polar surface area (TPSA) is 39.9 Å². The van der Waals surface area contributed by atoms with Gasteiger partial charge in [-0.1, -0.05) is 0 Å². The molecule has 1 atom stereocenters. The second kappa shape index (κ2) is 5.43. The predicted molar refractivity (Wildman–Crippen MR) is 63.8 cm³/mol. The highest BCUT2D eigenvalue weighted by molar-refractivity contribution is 7.09. The molecule has 2 rings (SSSR count). The van der Waals surface area contributed by atoms with E-state index < -0.39 is 0 Å². The Hall–Kier alpha value is -0.910. The number of aryl methyl sites for hydroxylation is 1. The molecule has 0 bridgehead atoms. The summed E-state index contributed by atoms with van der Waals surface area (Å²) in [5.41, 5.74) is 2.80. The fourth-order valence-electron chi connectivity index (χ4n) is 1.47. The summed E-state index contributed by atoms with van der Waals surface area (Å²) in [5, 5.41) is 4.14. The van der Waals surface area contributed by atoms with Crippen LogP contribution in [0.1, 0.15) is 16.7 Å². The van der Waals surface area contributed by atoms with E-state index in [4.69, 9.17) is 16.3 Å². The van der Waals surface area contributed by atoms with Crippen molar-refractivity contribution in [1.29, 1.82) is 0 Å². The summed E-state index contributed by atoms with van der Waals surface area (Å²) in [6, 6.07) is 1.94. The average molecular weight is 258 g/mol. The van der Waals surface area contributed by atoms with E-state index >= 15 is 0 Å². The molecule has 0 spiro atoms. The summed E-state index contributed by atoms with van der Waals surface area (Å²) in [6.07, 6.45) is 3.45. The molecular formula is C10H12ClN3OS. The Kier molecular flexibility index (Phi) is 3.93. The van der Waals surface area contributed by atoms with E-state index in [1.165, 1.54) is 0 Å². The minimum absolute atomic E-state index is 0.126. The summed E-state index contributed by atoms with van der Waals surface area (Å²) in [7, 11) is 1.90. The molecular weight excluding hydrogens is 246 g/mol. The zero-order valence-electron chi connectivity index (χ0n) is 8.84. The van der Waals surface area contributed by atoms with Gasteiger partial charge in [0.05, 0.1) is 22.7 Å². The van der Waals surface area contributed by atoms with Crippen LogP contribution < -0.4 is 0 Å². The Morgan fingerprint density at radius 2 is 2.50 bits per heavy atom. The van der Waals surface area contributed by atoms with Crippen molar-refractivity contribution in [3.8, 4) is 0 Å². The van der Waals surface area contributed by atoms with Gasteiger partial charge < -0.3 is 4.74 Å². The number of aromatic nitrogens is 3. The largest absolute Gasteiger partial charge is 0.365 e. The van der Waals surface area contributed by atoms with Gasteiger partial charge in [0.1, 0.15) is 6.10 Å². The SMILES string of the molecule is Cn1nccc1C(OCCCl)c1cncs1. The summed E-state index contributed by atoms with van der Waals surface area (Å²) in [6.45, 7) is 0.509. The molecule has 0 aromatic carbocycles. The van der Waals surface area contributed by atoms with Crippen LogP contribution in [0.5, 0.6) is 0 Å². The second-order valence-electron chi connectivity index (χ2n) is 3.22. The van der Waals surface area contributed by atoms with E-state index in [9.17, 15) is 0 Å². The first-order valence-electron chi connectivity index (χ1n) is 4.86. The molecule has 2 aromatic heterocycles. The van der Waals surface area contributed by atoms with E-state index in [-0.39, 0.29) is 6.10 Å². The molecule has 0 fully saturated rings. The molecule has 0 N–H and O–H groups in total. The highest BCUT2D eigenvalue weighted by Gasteiger charge is 2.19. The van der Waals surface area contributed by atoms with E-state index in [0.717, 1.165) is 10.6 Å². The Bertz CT molecular complexity index is 429. The molecule has 4 nitrogen and oxygen atoms in total. The maximum atomic E-state index is 5.74. The Morgan fingerprint density at radius 1 is 1.62 bits per heavy atom. The summed E-state index contributed by atoms with van der Waals surface area (Å²) >= 11 is 7.22. The fourth-order valence-corrected chi connectivity index (χ4v) is 2.24. The van der Waals surface area contributed by atoms with Crippen molar-refractivity contribution in [1.82, 2.24) is 14.8 Å². The maximum absolute atomic E-state index is 5.74. The summed E-state index contributed by atoms with van der Waals surface area (Å²) in [4.78, 5) is 5.13. The third kappa shape index (κ3) is 2.42. The van der Waals surface area contributed by atoms with Gasteiger partial charge in [0.15, 0.2) is 0 Å². The number of rotatable bonds is 5. The molecule has 0 aliphatic rings. The second-order valence-corrected chi connectivity index (χ2v) is 4.52. The molecule has 86 valence electrons. The van der Waals surface area contributed by atoms with Crippen LogP contribution in [0.25, 0.3) is 0 Å². The van der Waals surface area contributed by atoms with Crippen LogP contribution in [0.4, 0.5) is 0 Å². The number of ether oxygens (including phenoxy) is 1. The quantitative estimate of drug-likeness (QED) is 0.771. The number of nitrogens with zero attached hydrogens (tertiary/aromatic N) is 3. The third-order valence-electron chi connectivity index (χ3n) is 2.20. The number of thiazole rings is 1. The fraction of sp³-hybridized carbons (Fsp3) is 0.400. The first kappa shape index (κ1) is 11.6. The molecule has 6 heteroatoms. The summed E-state index contributed by atoms with van der Waals surface area (Å²) < 4.78 is 7.54. The van der Waals surface area contributed by atoms with Gasteiger partial charge in [0.25, 0.3) is 0 Å². The molecule has 2 aromatic rings. The van der Waals surface area contributed by atoms with Gasteiger partial charge in [-0.25, -0.2) is 0 Å². The molecule has 0 aliphatic heterocycles. The maximum Gasteiger partial charge on any atom is 0.135 e. The zero-order valence-corrected chi connectivity index (χ0v) is 10.4. The number of alkyl halides is 1. The molecule has 0 saturated heterocycles. The lowest BCUT2D eigenvalue weighted by atomic mass is 10.2. The molecule has 0 aliphatic carbocycles. The predicted octanol–water partition coefficient (Wildman–Crippen LogP) is 2.22. The van der Waals surface area contributed by atoms with E-state index in [2.05, 4.69) is 10.1 Å². The lowest BCUT2D eigenvalue weighted by Crippen LogP contribution is -2.11. The van der Waals surface area contributed by atoms with Gasteiger partial charge in [-0.05, 0) is 6.07 Å². The van der Waals surface area contributed by atoms with E-state index in [1.807, 2.05) is 19.3 Å². The molecule has 0 amide bonds. The van der Waals surface area contributed by atoms with Crippen molar-refractivity contribution in [3.63, 3.8) is 0 Å². The highest BCUT2D eigenvalue weighted by atomic mass is 35.5. The number of hydrogen-bond donors (Lipinski definition) is 0. The van der Waals surface area contributed by atoms with Crippen LogP contribution >= 0.6 is 22.9 Å². The molecule has 1 unspecified atom stereocenters. The minimum atomic E-state index is -0.126. The average Bonchev–Trinajstić information content (AvgIpc) is 2.91. The van der Waals surface area contributed by atoms with Crippen LogP contribution in [0, 0.1) is 0 Å². The van der Waals surface area contributed by atoms with Crippen molar-refractivity contribution >= 4 is 22.9 Å².